The Morgan fingerprint density at radius 1 is 1.17 bits per heavy atom. The van der Waals surface area contributed by atoms with E-state index in [2.05, 4.69) is 17.4 Å². The number of hydrogen-bond donors (Lipinski definition) is 1. The summed E-state index contributed by atoms with van der Waals surface area (Å²) in [6.45, 7) is 2.29. The van der Waals surface area contributed by atoms with E-state index in [4.69, 9.17) is 11.6 Å². The number of benzene rings is 1. The topological polar surface area (TPSA) is 12.0 Å². The molecule has 1 aliphatic heterocycles. The molecule has 2 heteroatoms. The van der Waals surface area contributed by atoms with E-state index in [-0.39, 0.29) is 0 Å². The molecule has 2 atom stereocenters. The predicted molar refractivity (Wildman–Crippen MR) is 49.8 cm³/mol. The van der Waals surface area contributed by atoms with Crippen LogP contribution in [0.3, 0.4) is 0 Å². The zero-order valence-corrected chi connectivity index (χ0v) is 7.43. The molecular weight excluding hydrogens is 170 g/mol. The minimum Gasteiger partial charge on any atom is -0.315 e. The summed E-state index contributed by atoms with van der Waals surface area (Å²) in [6.07, 6.45) is 0. The van der Waals surface area contributed by atoms with Crippen LogP contribution in [-0.2, 0) is 0 Å². The molecule has 1 N–H and O–H groups in total. The number of fused-ring (bicyclic) bond motifs is 4. The van der Waals surface area contributed by atoms with Crippen molar-refractivity contribution in [2.24, 2.45) is 0 Å². The smallest absolute Gasteiger partial charge is 0.0409 e. The van der Waals surface area contributed by atoms with Crippen LogP contribution >= 0.6 is 11.6 Å². The minimum atomic E-state index is 0.749. The lowest BCUT2D eigenvalue weighted by Crippen LogP contribution is -2.22. The Balaban J connectivity index is 2.11. The van der Waals surface area contributed by atoms with E-state index in [1.165, 1.54) is 11.1 Å². The molecule has 0 aromatic heterocycles. The highest BCUT2D eigenvalue weighted by Gasteiger charge is 2.40. The van der Waals surface area contributed by atoms with Gasteiger partial charge in [0.15, 0.2) is 0 Å². The second-order valence-corrected chi connectivity index (χ2v) is 4.08. The van der Waals surface area contributed by atoms with Gasteiger partial charge in [-0.2, -0.15) is 0 Å². The van der Waals surface area contributed by atoms with Crippen molar-refractivity contribution in [1.29, 1.82) is 0 Å². The van der Waals surface area contributed by atoms with Gasteiger partial charge in [0.05, 0.1) is 0 Å². The Bertz CT molecular complexity index is 335. The van der Waals surface area contributed by atoms with Crippen LogP contribution in [0.25, 0.3) is 0 Å². The third kappa shape index (κ3) is 0.732. The first-order chi connectivity index (χ1) is 5.86. The summed E-state index contributed by atoms with van der Waals surface area (Å²) >= 11 is 5.92. The van der Waals surface area contributed by atoms with E-state index in [1.807, 2.05) is 6.07 Å². The highest BCUT2D eigenvalue weighted by Crippen LogP contribution is 2.49. The summed E-state index contributed by atoms with van der Waals surface area (Å²) < 4.78 is 0. The lowest BCUT2D eigenvalue weighted by molar-refractivity contribution is 0.580. The molecule has 0 radical (unpaired) electrons. The Morgan fingerprint density at radius 2 is 1.92 bits per heavy atom. The van der Waals surface area contributed by atoms with Crippen molar-refractivity contribution in [1.82, 2.24) is 5.32 Å². The van der Waals surface area contributed by atoms with Crippen LogP contribution in [0.5, 0.6) is 0 Å². The Hall–Kier alpha value is -0.530. The number of rotatable bonds is 0. The van der Waals surface area contributed by atoms with Gasteiger partial charge in [0.1, 0.15) is 0 Å². The summed E-state index contributed by atoms with van der Waals surface area (Å²) in [5.41, 5.74) is 2.98. The fraction of sp³-hybridized carbons (Fsp3) is 0.400. The molecule has 1 nitrogen and oxygen atoms in total. The normalized spacial score (nSPS) is 30.8. The number of nitrogens with one attached hydrogen (secondary N) is 1. The summed E-state index contributed by atoms with van der Waals surface area (Å²) in [5, 5.41) is 4.28. The summed E-state index contributed by atoms with van der Waals surface area (Å²) in [5.74, 6) is 1.52. The molecule has 1 aromatic rings. The van der Waals surface area contributed by atoms with Crippen LogP contribution in [0.15, 0.2) is 18.2 Å². The van der Waals surface area contributed by atoms with Gasteiger partial charge in [-0.1, -0.05) is 17.7 Å². The average molecular weight is 180 g/mol. The minimum absolute atomic E-state index is 0.749. The molecule has 0 bridgehead atoms. The fourth-order valence-corrected chi connectivity index (χ4v) is 2.62. The maximum absolute atomic E-state index is 5.92. The van der Waals surface area contributed by atoms with Crippen molar-refractivity contribution in [3.05, 3.63) is 34.3 Å². The van der Waals surface area contributed by atoms with Crippen LogP contribution in [0.1, 0.15) is 23.0 Å². The molecule has 0 amide bonds. The number of halogens is 1. The van der Waals surface area contributed by atoms with Gasteiger partial charge in [0, 0.05) is 29.9 Å². The summed E-state index contributed by atoms with van der Waals surface area (Å²) in [4.78, 5) is 0. The zero-order chi connectivity index (χ0) is 8.13. The molecule has 12 heavy (non-hydrogen) atoms. The summed E-state index contributed by atoms with van der Waals surface area (Å²) in [6, 6.07) is 6.28. The molecule has 1 fully saturated rings. The molecule has 0 saturated carbocycles. The SMILES string of the molecule is Clc1ccc2c(c1)C1CNCC21. The van der Waals surface area contributed by atoms with E-state index in [1.54, 1.807) is 0 Å². The van der Waals surface area contributed by atoms with Crippen LogP contribution in [0.2, 0.25) is 5.02 Å². The zero-order valence-electron chi connectivity index (χ0n) is 6.68. The van der Waals surface area contributed by atoms with Gasteiger partial charge in [0.25, 0.3) is 0 Å². The fourth-order valence-electron chi connectivity index (χ4n) is 2.44. The van der Waals surface area contributed by atoms with Crippen LogP contribution in [0.4, 0.5) is 0 Å². The van der Waals surface area contributed by atoms with Crippen LogP contribution < -0.4 is 5.32 Å². The van der Waals surface area contributed by atoms with Gasteiger partial charge in [-0.3, -0.25) is 0 Å². The molecule has 1 aromatic carbocycles. The van der Waals surface area contributed by atoms with E-state index < -0.39 is 0 Å². The first-order valence-electron chi connectivity index (χ1n) is 4.36. The number of hydrogen-bond acceptors (Lipinski definition) is 1. The molecule has 0 spiro atoms. The first kappa shape index (κ1) is 6.93. The standard InChI is InChI=1S/C10H10ClN/c11-6-1-2-7-8(3-6)10-5-12-4-9(7)10/h1-3,9-10,12H,4-5H2. The van der Waals surface area contributed by atoms with Gasteiger partial charge in [0.2, 0.25) is 0 Å². The van der Waals surface area contributed by atoms with Gasteiger partial charge in [-0.15, -0.1) is 0 Å². The van der Waals surface area contributed by atoms with Crippen molar-refractivity contribution in [2.75, 3.05) is 13.1 Å². The lowest BCUT2D eigenvalue weighted by Gasteiger charge is -2.33. The third-order valence-corrected chi connectivity index (χ3v) is 3.30. The Kier molecular flexibility index (Phi) is 1.29. The van der Waals surface area contributed by atoms with Crippen molar-refractivity contribution < 1.29 is 0 Å². The average Bonchev–Trinajstić information content (AvgIpc) is 2.46. The van der Waals surface area contributed by atoms with Gasteiger partial charge < -0.3 is 5.32 Å². The van der Waals surface area contributed by atoms with Crippen molar-refractivity contribution >= 4 is 11.6 Å². The third-order valence-electron chi connectivity index (χ3n) is 3.06. The van der Waals surface area contributed by atoms with E-state index >= 15 is 0 Å². The molecule has 1 saturated heterocycles. The van der Waals surface area contributed by atoms with Crippen molar-refractivity contribution in [3.8, 4) is 0 Å². The molecule has 1 aliphatic carbocycles. The van der Waals surface area contributed by atoms with Crippen molar-refractivity contribution in [2.45, 2.75) is 11.8 Å². The molecule has 62 valence electrons. The van der Waals surface area contributed by atoms with Gasteiger partial charge in [-0.25, -0.2) is 0 Å². The molecule has 1 heterocycles. The molecule has 2 aliphatic rings. The van der Waals surface area contributed by atoms with E-state index in [0.717, 1.165) is 29.9 Å². The second-order valence-electron chi connectivity index (χ2n) is 3.64. The Labute approximate surface area is 76.7 Å². The van der Waals surface area contributed by atoms with Gasteiger partial charge >= 0.3 is 0 Å². The molecular formula is C10H10ClN. The monoisotopic (exact) mass is 179 g/mol. The van der Waals surface area contributed by atoms with E-state index in [9.17, 15) is 0 Å². The molecule has 2 unspecified atom stereocenters. The largest absolute Gasteiger partial charge is 0.315 e. The van der Waals surface area contributed by atoms with E-state index in [0.29, 0.717) is 0 Å². The maximum Gasteiger partial charge on any atom is 0.0409 e. The van der Waals surface area contributed by atoms with Crippen molar-refractivity contribution in [3.63, 3.8) is 0 Å². The first-order valence-corrected chi connectivity index (χ1v) is 4.74. The predicted octanol–water partition coefficient (Wildman–Crippen LogP) is 2.12. The lowest BCUT2D eigenvalue weighted by atomic mass is 9.70. The highest BCUT2D eigenvalue weighted by atomic mass is 35.5. The second kappa shape index (κ2) is 2.24. The summed E-state index contributed by atoms with van der Waals surface area (Å²) in [7, 11) is 0. The maximum atomic E-state index is 5.92. The van der Waals surface area contributed by atoms with Gasteiger partial charge in [-0.05, 0) is 23.3 Å². The molecule has 3 rings (SSSR count). The highest BCUT2D eigenvalue weighted by molar-refractivity contribution is 6.30. The van der Waals surface area contributed by atoms with Crippen LogP contribution in [0, 0.1) is 0 Å². The van der Waals surface area contributed by atoms with Crippen LogP contribution in [-0.4, -0.2) is 13.1 Å². The Morgan fingerprint density at radius 3 is 2.75 bits per heavy atom. The quantitative estimate of drug-likeness (QED) is 0.644.